The SMILES string of the molecule is CCCCCCCCCCCC(=O)OC(O)[C@H](O)[C@H](O)[C@H](O)[C@H](O)CO. The standard InChI is InChI=1S/C18H36O8/c1-2-3-4-5-6-7-8-9-10-11-14(21)26-18(25)17(24)16(23)15(22)13(20)12-19/h13,15-20,22-25H,2-12H2,1H3/t13-,15-,16-,17-,18?/m1/s1. The molecular formula is C18H36O8. The van der Waals surface area contributed by atoms with Crippen LogP contribution in [0.1, 0.15) is 71.1 Å². The normalized spacial score (nSPS) is 17.3. The van der Waals surface area contributed by atoms with Crippen LogP contribution in [-0.2, 0) is 9.53 Å². The van der Waals surface area contributed by atoms with Gasteiger partial charge in [-0.15, -0.1) is 0 Å². The van der Waals surface area contributed by atoms with Gasteiger partial charge in [0.25, 0.3) is 0 Å². The van der Waals surface area contributed by atoms with Crippen LogP contribution in [0.3, 0.4) is 0 Å². The minimum atomic E-state index is -2.03. The lowest BCUT2D eigenvalue weighted by atomic mass is 10.0. The summed E-state index contributed by atoms with van der Waals surface area (Å²) in [5.41, 5.74) is 0. The zero-order valence-corrected chi connectivity index (χ0v) is 15.7. The summed E-state index contributed by atoms with van der Waals surface area (Å²) >= 11 is 0. The van der Waals surface area contributed by atoms with Gasteiger partial charge in [-0.3, -0.25) is 4.79 Å². The summed E-state index contributed by atoms with van der Waals surface area (Å²) in [5.74, 6) is -0.719. The monoisotopic (exact) mass is 380 g/mol. The molecule has 0 bridgehead atoms. The molecule has 8 nitrogen and oxygen atoms in total. The Morgan fingerprint density at radius 3 is 1.77 bits per heavy atom. The number of hydrogen-bond donors (Lipinski definition) is 6. The Balaban J connectivity index is 3.87. The van der Waals surface area contributed by atoms with Gasteiger partial charge >= 0.3 is 5.97 Å². The lowest BCUT2D eigenvalue weighted by molar-refractivity contribution is -0.213. The lowest BCUT2D eigenvalue weighted by Gasteiger charge is -2.28. The Bertz CT molecular complexity index is 352. The smallest absolute Gasteiger partial charge is 0.308 e. The first kappa shape index (κ1) is 25.2. The zero-order valence-electron chi connectivity index (χ0n) is 15.7. The maximum atomic E-state index is 11.6. The van der Waals surface area contributed by atoms with Gasteiger partial charge in [-0.2, -0.15) is 0 Å². The van der Waals surface area contributed by atoms with Crippen LogP contribution in [0.15, 0.2) is 0 Å². The maximum absolute atomic E-state index is 11.6. The van der Waals surface area contributed by atoms with Crippen molar-refractivity contribution >= 4 is 5.97 Å². The number of aliphatic hydroxyl groups is 6. The highest BCUT2D eigenvalue weighted by molar-refractivity contribution is 5.69. The predicted molar refractivity (Wildman–Crippen MR) is 95.1 cm³/mol. The largest absolute Gasteiger partial charge is 0.433 e. The van der Waals surface area contributed by atoms with Crippen molar-refractivity contribution in [2.75, 3.05) is 6.61 Å². The first-order valence-electron chi connectivity index (χ1n) is 9.55. The fourth-order valence-corrected chi connectivity index (χ4v) is 2.55. The molecule has 6 N–H and O–H groups in total. The second-order valence-electron chi connectivity index (χ2n) is 6.68. The van der Waals surface area contributed by atoms with Crippen LogP contribution < -0.4 is 0 Å². The Morgan fingerprint density at radius 2 is 1.27 bits per heavy atom. The number of unbranched alkanes of at least 4 members (excludes halogenated alkanes) is 8. The van der Waals surface area contributed by atoms with Gasteiger partial charge in [-0.25, -0.2) is 0 Å². The predicted octanol–water partition coefficient (Wildman–Crippen LogP) is 0.205. The van der Waals surface area contributed by atoms with Gasteiger partial charge in [0.05, 0.1) is 6.61 Å². The van der Waals surface area contributed by atoms with E-state index in [0.717, 1.165) is 19.3 Å². The number of carbonyl (C=O) groups excluding carboxylic acids is 1. The van der Waals surface area contributed by atoms with E-state index in [1.807, 2.05) is 0 Å². The molecule has 0 aromatic rings. The van der Waals surface area contributed by atoms with Crippen molar-refractivity contribution in [3.63, 3.8) is 0 Å². The molecule has 5 atom stereocenters. The molecule has 1 unspecified atom stereocenters. The van der Waals surface area contributed by atoms with E-state index >= 15 is 0 Å². The van der Waals surface area contributed by atoms with Gasteiger partial charge in [0.1, 0.15) is 24.4 Å². The minimum absolute atomic E-state index is 0.0809. The molecule has 0 aromatic carbocycles. The molecule has 0 aliphatic carbocycles. The Labute approximate surface area is 155 Å². The summed E-state index contributed by atoms with van der Waals surface area (Å²) in [6.07, 6.45) is 0.284. The first-order valence-corrected chi connectivity index (χ1v) is 9.55. The van der Waals surface area contributed by atoms with E-state index in [1.54, 1.807) is 0 Å². The van der Waals surface area contributed by atoms with Crippen molar-refractivity contribution in [1.29, 1.82) is 0 Å². The van der Waals surface area contributed by atoms with Gasteiger partial charge in [0.15, 0.2) is 0 Å². The van der Waals surface area contributed by atoms with Crippen LogP contribution >= 0.6 is 0 Å². The third kappa shape index (κ3) is 11.1. The molecule has 0 saturated carbocycles. The number of esters is 1. The van der Waals surface area contributed by atoms with Crippen LogP contribution in [0, 0.1) is 0 Å². The van der Waals surface area contributed by atoms with E-state index in [1.165, 1.54) is 32.1 Å². The summed E-state index contributed by atoms with van der Waals surface area (Å²) < 4.78 is 4.62. The third-order valence-corrected chi connectivity index (χ3v) is 4.31. The molecule has 26 heavy (non-hydrogen) atoms. The summed E-state index contributed by atoms with van der Waals surface area (Å²) in [4.78, 5) is 11.6. The average Bonchev–Trinajstić information content (AvgIpc) is 2.63. The Morgan fingerprint density at radius 1 is 0.769 bits per heavy atom. The summed E-state index contributed by atoms with van der Waals surface area (Å²) in [6, 6.07) is 0. The molecule has 0 fully saturated rings. The van der Waals surface area contributed by atoms with E-state index in [0.29, 0.717) is 6.42 Å². The van der Waals surface area contributed by atoms with Crippen LogP contribution in [0.2, 0.25) is 0 Å². The molecule has 0 amide bonds. The van der Waals surface area contributed by atoms with Crippen molar-refractivity contribution in [2.45, 2.75) is 102 Å². The van der Waals surface area contributed by atoms with Crippen LogP contribution in [0.25, 0.3) is 0 Å². The molecule has 0 saturated heterocycles. The summed E-state index contributed by atoms with van der Waals surface area (Å²) in [7, 11) is 0. The quantitative estimate of drug-likeness (QED) is 0.126. The fourth-order valence-electron chi connectivity index (χ4n) is 2.55. The van der Waals surface area contributed by atoms with E-state index in [2.05, 4.69) is 11.7 Å². The maximum Gasteiger partial charge on any atom is 0.308 e. The van der Waals surface area contributed by atoms with Crippen LogP contribution in [0.5, 0.6) is 0 Å². The van der Waals surface area contributed by atoms with E-state index < -0.39 is 43.3 Å². The first-order chi connectivity index (χ1) is 12.3. The highest BCUT2D eigenvalue weighted by Crippen LogP contribution is 2.13. The minimum Gasteiger partial charge on any atom is -0.433 e. The summed E-state index contributed by atoms with van der Waals surface area (Å²) in [6.45, 7) is 1.34. The van der Waals surface area contributed by atoms with Gasteiger partial charge in [-0.05, 0) is 6.42 Å². The highest BCUT2D eigenvalue weighted by atomic mass is 16.6. The number of aliphatic hydroxyl groups excluding tert-OH is 6. The van der Waals surface area contributed by atoms with E-state index in [4.69, 9.17) is 5.11 Å². The molecule has 0 heterocycles. The number of hydrogen-bond acceptors (Lipinski definition) is 8. The summed E-state index contributed by atoms with van der Waals surface area (Å²) in [5, 5.41) is 56.2. The number of rotatable bonds is 16. The average molecular weight is 380 g/mol. The van der Waals surface area contributed by atoms with Gasteiger partial charge in [0.2, 0.25) is 6.29 Å². The van der Waals surface area contributed by atoms with Gasteiger partial charge < -0.3 is 35.4 Å². The molecule has 0 aliphatic heterocycles. The molecule has 0 radical (unpaired) electrons. The molecule has 0 rings (SSSR count). The van der Waals surface area contributed by atoms with Crippen molar-refractivity contribution < 1.29 is 40.2 Å². The molecular weight excluding hydrogens is 344 g/mol. The van der Waals surface area contributed by atoms with Crippen molar-refractivity contribution in [2.24, 2.45) is 0 Å². The van der Waals surface area contributed by atoms with E-state index in [-0.39, 0.29) is 6.42 Å². The highest BCUT2D eigenvalue weighted by Gasteiger charge is 2.35. The van der Waals surface area contributed by atoms with Gasteiger partial charge in [0, 0.05) is 6.42 Å². The molecule has 0 spiro atoms. The van der Waals surface area contributed by atoms with Crippen molar-refractivity contribution in [1.82, 2.24) is 0 Å². The molecule has 0 aliphatic rings. The van der Waals surface area contributed by atoms with E-state index in [9.17, 15) is 30.3 Å². The second kappa shape index (κ2) is 15.3. The molecule has 0 aromatic heterocycles. The van der Waals surface area contributed by atoms with Crippen LogP contribution in [0.4, 0.5) is 0 Å². The van der Waals surface area contributed by atoms with Gasteiger partial charge in [-0.1, -0.05) is 58.3 Å². The number of carbonyl (C=O) groups is 1. The van der Waals surface area contributed by atoms with Crippen LogP contribution in [-0.4, -0.2) is 73.9 Å². The number of ether oxygens (including phenoxy) is 1. The van der Waals surface area contributed by atoms with Crippen molar-refractivity contribution in [3.05, 3.63) is 0 Å². The third-order valence-electron chi connectivity index (χ3n) is 4.31. The molecule has 156 valence electrons. The van der Waals surface area contributed by atoms with Crippen molar-refractivity contribution in [3.8, 4) is 0 Å². The zero-order chi connectivity index (χ0) is 19.9. The Kier molecular flexibility index (Phi) is 14.9. The lowest BCUT2D eigenvalue weighted by Crippen LogP contribution is -2.50. The fraction of sp³-hybridized carbons (Fsp3) is 0.944. The molecule has 8 heteroatoms. The Hall–Kier alpha value is -0.770. The second-order valence-corrected chi connectivity index (χ2v) is 6.68. The topological polar surface area (TPSA) is 148 Å².